The molecule has 0 rings (SSSR count). The Morgan fingerprint density at radius 3 is 1.90 bits per heavy atom. The summed E-state index contributed by atoms with van der Waals surface area (Å²) in [4.78, 5) is 2.18. The zero-order valence-electron chi connectivity index (χ0n) is 15.8. The van der Waals surface area contributed by atoms with Gasteiger partial charge in [-0.15, -0.1) is 0 Å². The van der Waals surface area contributed by atoms with Crippen molar-refractivity contribution >= 4 is 0 Å². The van der Waals surface area contributed by atoms with Crippen LogP contribution in [0.3, 0.4) is 0 Å². The van der Waals surface area contributed by atoms with E-state index in [0.29, 0.717) is 17.8 Å². The normalized spacial score (nSPS) is 19.9. The van der Waals surface area contributed by atoms with E-state index in [1.807, 2.05) is 6.92 Å². The molecule has 0 radical (unpaired) electrons. The van der Waals surface area contributed by atoms with E-state index in [2.05, 4.69) is 60.5 Å². The molecule has 21 heavy (non-hydrogen) atoms. The van der Waals surface area contributed by atoms with Gasteiger partial charge in [0.05, 0.1) is 17.8 Å². The number of nitrogens with zero attached hydrogens (tertiary/aromatic N) is 1. The van der Waals surface area contributed by atoms with E-state index in [9.17, 15) is 5.11 Å². The average Bonchev–Trinajstić information content (AvgIpc) is 2.21. The Balaban J connectivity index is 4.58. The molecule has 0 amide bonds. The zero-order chi connectivity index (χ0) is 16.8. The van der Waals surface area contributed by atoms with Crippen molar-refractivity contribution in [3.05, 3.63) is 0 Å². The molecule has 3 nitrogen and oxygen atoms in total. The number of aliphatic hydroxyl groups is 1. The first-order chi connectivity index (χ1) is 9.44. The molecule has 0 spiro atoms. The predicted molar refractivity (Wildman–Crippen MR) is 91.6 cm³/mol. The van der Waals surface area contributed by atoms with Gasteiger partial charge >= 0.3 is 0 Å². The van der Waals surface area contributed by atoms with Crippen LogP contribution in [0, 0.1) is 17.8 Å². The molecule has 0 aliphatic carbocycles. The molecular formula is C18H39NO2. The molecule has 0 heterocycles. The van der Waals surface area contributed by atoms with Gasteiger partial charge in [-0.2, -0.15) is 0 Å². The van der Waals surface area contributed by atoms with Gasteiger partial charge in [0.25, 0.3) is 0 Å². The third kappa shape index (κ3) is 9.49. The first-order valence-corrected chi connectivity index (χ1v) is 8.47. The van der Waals surface area contributed by atoms with Crippen LogP contribution in [0.5, 0.6) is 0 Å². The third-order valence-electron chi connectivity index (χ3n) is 3.87. The fraction of sp³-hybridized carbons (Fsp3) is 1.00. The van der Waals surface area contributed by atoms with Crippen molar-refractivity contribution in [3.8, 4) is 0 Å². The minimum absolute atomic E-state index is 0.209. The van der Waals surface area contributed by atoms with Gasteiger partial charge in [0.15, 0.2) is 0 Å². The number of ether oxygens (including phenoxy) is 1. The van der Waals surface area contributed by atoms with Crippen LogP contribution < -0.4 is 0 Å². The van der Waals surface area contributed by atoms with E-state index in [1.54, 1.807) is 0 Å². The Morgan fingerprint density at radius 2 is 1.52 bits per heavy atom. The minimum atomic E-state index is -0.623. The van der Waals surface area contributed by atoms with Crippen LogP contribution in [0.15, 0.2) is 0 Å². The van der Waals surface area contributed by atoms with Crippen LogP contribution in [-0.2, 0) is 4.74 Å². The smallest absolute Gasteiger partial charge is 0.0628 e. The molecule has 4 atom stereocenters. The topological polar surface area (TPSA) is 32.7 Å². The van der Waals surface area contributed by atoms with E-state index in [-0.39, 0.29) is 12.2 Å². The van der Waals surface area contributed by atoms with Gasteiger partial charge in [-0.3, -0.25) is 0 Å². The second-order valence-electron chi connectivity index (χ2n) is 8.14. The van der Waals surface area contributed by atoms with Crippen LogP contribution in [0.2, 0.25) is 0 Å². The average molecular weight is 302 g/mol. The van der Waals surface area contributed by atoms with Crippen molar-refractivity contribution in [3.63, 3.8) is 0 Å². The van der Waals surface area contributed by atoms with E-state index in [1.165, 1.54) is 0 Å². The van der Waals surface area contributed by atoms with E-state index >= 15 is 0 Å². The van der Waals surface area contributed by atoms with Gasteiger partial charge < -0.3 is 14.7 Å². The Morgan fingerprint density at radius 1 is 1.00 bits per heavy atom. The lowest BCUT2D eigenvalue weighted by Crippen LogP contribution is -2.38. The summed E-state index contributed by atoms with van der Waals surface area (Å²) in [6.45, 7) is 16.0. The maximum absolute atomic E-state index is 10.8. The van der Waals surface area contributed by atoms with Crippen molar-refractivity contribution in [1.82, 2.24) is 4.90 Å². The second kappa shape index (κ2) is 9.12. The molecule has 1 N–H and O–H groups in total. The third-order valence-corrected chi connectivity index (χ3v) is 3.87. The number of hydrogen-bond donors (Lipinski definition) is 1. The SMILES string of the molecule is CC(C)O[C@H](C(C)C)[C@H](C)C[C@](C)(O)C[C@@H](C)CN(C)C. The standard InChI is InChI=1S/C18H39NO2/c1-13(2)17(21-14(3)4)16(6)11-18(7,20)10-15(5)12-19(8)9/h13-17,20H,10-12H2,1-9H3/t15-,16-,17-,18-/m1/s1. The molecule has 0 aromatic rings. The van der Waals surface area contributed by atoms with Crippen molar-refractivity contribution in [2.24, 2.45) is 17.8 Å². The summed E-state index contributed by atoms with van der Waals surface area (Å²) >= 11 is 0. The summed E-state index contributed by atoms with van der Waals surface area (Å²) in [5, 5.41) is 10.8. The lowest BCUT2D eigenvalue weighted by atomic mass is 9.81. The van der Waals surface area contributed by atoms with E-state index in [4.69, 9.17) is 4.74 Å². The lowest BCUT2D eigenvalue weighted by molar-refractivity contribution is -0.0745. The first-order valence-electron chi connectivity index (χ1n) is 8.47. The van der Waals surface area contributed by atoms with Crippen molar-refractivity contribution < 1.29 is 9.84 Å². The molecule has 0 fully saturated rings. The monoisotopic (exact) mass is 301 g/mol. The molecule has 128 valence electrons. The number of hydrogen-bond acceptors (Lipinski definition) is 3. The van der Waals surface area contributed by atoms with Gasteiger partial charge in [0.1, 0.15) is 0 Å². The first kappa shape index (κ1) is 20.9. The van der Waals surface area contributed by atoms with Crippen LogP contribution in [0.4, 0.5) is 0 Å². The molecule has 0 unspecified atom stereocenters. The second-order valence-corrected chi connectivity index (χ2v) is 8.14. The van der Waals surface area contributed by atoms with Crippen molar-refractivity contribution in [1.29, 1.82) is 0 Å². The molecule has 0 aromatic heterocycles. The minimum Gasteiger partial charge on any atom is -0.390 e. The van der Waals surface area contributed by atoms with Gasteiger partial charge in [0, 0.05) is 6.54 Å². The van der Waals surface area contributed by atoms with Gasteiger partial charge in [-0.25, -0.2) is 0 Å². The Kier molecular flexibility index (Phi) is 9.06. The molecule has 0 bridgehead atoms. The predicted octanol–water partition coefficient (Wildman–Crippen LogP) is 3.80. The van der Waals surface area contributed by atoms with Crippen LogP contribution in [-0.4, -0.2) is 48.5 Å². The maximum atomic E-state index is 10.8. The summed E-state index contributed by atoms with van der Waals surface area (Å²) in [6.07, 6.45) is 2.07. The highest BCUT2D eigenvalue weighted by Gasteiger charge is 2.31. The Hall–Kier alpha value is -0.120. The molecule has 0 saturated heterocycles. The summed E-state index contributed by atoms with van der Waals surface area (Å²) < 4.78 is 6.07. The van der Waals surface area contributed by atoms with Crippen LogP contribution in [0.25, 0.3) is 0 Å². The molecule has 3 heteroatoms. The van der Waals surface area contributed by atoms with Gasteiger partial charge in [0.2, 0.25) is 0 Å². The number of rotatable bonds is 10. The molecule has 0 aliphatic rings. The highest BCUT2D eigenvalue weighted by molar-refractivity contribution is 4.82. The maximum Gasteiger partial charge on any atom is 0.0628 e. The Labute approximate surface area is 133 Å². The van der Waals surface area contributed by atoms with E-state index < -0.39 is 5.60 Å². The summed E-state index contributed by atoms with van der Waals surface area (Å²) in [7, 11) is 4.16. The molecule has 0 aliphatic heterocycles. The highest BCUT2D eigenvalue weighted by atomic mass is 16.5. The lowest BCUT2D eigenvalue weighted by Gasteiger charge is -2.35. The largest absolute Gasteiger partial charge is 0.390 e. The van der Waals surface area contributed by atoms with Gasteiger partial charge in [-0.1, -0.05) is 27.7 Å². The van der Waals surface area contributed by atoms with E-state index in [0.717, 1.165) is 19.4 Å². The van der Waals surface area contributed by atoms with Gasteiger partial charge in [-0.05, 0) is 65.5 Å². The molecule has 0 aromatic carbocycles. The van der Waals surface area contributed by atoms with Crippen LogP contribution >= 0.6 is 0 Å². The molecular weight excluding hydrogens is 262 g/mol. The summed E-state index contributed by atoms with van der Waals surface area (Å²) in [5.74, 6) is 1.32. The molecule has 0 saturated carbocycles. The fourth-order valence-corrected chi connectivity index (χ4v) is 3.59. The fourth-order valence-electron chi connectivity index (χ4n) is 3.59. The van der Waals surface area contributed by atoms with Crippen molar-refractivity contribution in [2.75, 3.05) is 20.6 Å². The quantitative estimate of drug-likeness (QED) is 0.666. The summed E-state index contributed by atoms with van der Waals surface area (Å²) in [6, 6.07) is 0. The zero-order valence-corrected chi connectivity index (χ0v) is 15.8. The Bertz CT molecular complexity index is 274. The van der Waals surface area contributed by atoms with Crippen molar-refractivity contribution in [2.45, 2.75) is 79.1 Å². The van der Waals surface area contributed by atoms with Crippen LogP contribution in [0.1, 0.15) is 61.3 Å². The highest BCUT2D eigenvalue weighted by Crippen LogP contribution is 2.30. The summed E-state index contributed by atoms with van der Waals surface area (Å²) in [5.41, 5.74) is -0.623.